The molecule has 0 atom stereocenters. The van der Waals surface area contributed by atoms with Gasteiger partial charge in [-0.25, -0.2) is 0 Å². The molecule has 0 heterocycles. The summed E-state index contributed by atoms with van der Waals surface area (Å²) in [7, 11) is 0. The predicted octanol–water partition coefficient (Wildman–Crippen LogP) is 2.32. The Labute approximate surface area is 71.1 Å². The standard InChI is InChI=1S/C7H14IN/c1-2-3-6-9-7-4-5-8/h4-5,9H,2-3,6-7H2,1H3. The third-order valence-electron chi connectivity index (χ3n) is 1.06. The Morgan fingerprint density at radius 2 is 2.33 bits per heavy atom. The maximum Gasteiger partial charge on any atom is 0.0142 e. The maximum absolute atomic E-state index is 3.30. The quantitative estimate of drug-likeness (QED) is 0.573. The predicted molar refractivity (Wildman–Crippen MR) is 50.9 cm³/mol. The number of nitrogens with one attached hydrogen (secondary N) is 1. The van der Waals surface area contributed by atoms with Gasteiger partial charge in [0, 0.05) is 6.54 Å². The van der Waals surface area contributed by atoms with E-state index in [1.165, 1.54) is 12.8 Å². The van der Waals surface area contributed by atoms with Crippen LogP contribution in [0.3, 0.4) is 0 Å². The lowest BCUT2D eigenvalue weighted by Gasteiger charge is -1.96. The van der Waals surface area contributed by atoms with Crippen molar-refractivity contribution in [2.24, 2.45) is 0 Å². The average Bonchev–Trinajstić information content (AvgIpc) is 1.89. The van der Waals surface area contributed by atoms with Gasteiger partial charge in [-0.3, -0.25) is 0 Å². The highest BCUT2D eigenvalue weighted by Gasteiger charge is 1.79. The SMILES string of the molecule is CCCCNCC=CI. The minimum atomic E-state index is 1.02. The molecule has 2 heteroatoms. The lowest BCUT2D eigenvalue weighted by Crippen LogP contribution is -2.14. The summed E-state index contributed by atoms with van der Waals surface area (Å²) in [4.78, 5) is 0. The first-order valence-corrected chi connectivity index (χ1v) is 4.62. The van der Waals surface area contributed by atoms with Crippen molar-refractivity contribution in [3.05, 3.63) is 10.2 Å². The first-order chi connectivity index (χ1) is 4.41. The minimum absolute atomic E-state index is 1.02. The molecule has 0 aromatic carbocycles. The van der Waals surface area contributed by atoms with E-state index in [0.717, 1.165) is 13.1 Å². The van der Waals surface area contributed by atoms with E-state index in [4.69, 9.17) is 0 Å². The van der Waals surface area contributed by atoms with Crippen LogP contribution in [0, 0.1) is 0 Å². The molecule has 0 aliphatic carbocycles. The van der Waals surface area contributed by atoms with E-state index in [-0.39, 0.29) is 0 Å². The monoisotopic (exact) mass is 239 g/mol. The first kappa shape index (κ1) is 9.43. The van der Waals surface area contributed by atoms with Crippen molar-refractivity contribution in [3.8, 4) is 0 Å². The Bertz CT molecular complexity index is 71.3. The molecule has 0 saturated carbocycles. The van der Waals surface area contributed by atoms with Gasteiger partial charge >= 0.3 is 0 Å². The smallest absolute Gasteiger partial charge is 0.0142 e. The molecule has 0 radical (unpaired) electrons. The van der Waals surface area contributed by atoms with Gasteiger partial charge in [0.15, 0.2) is 0 Å². The molecule has 0 rings (SSSR count). The summed E-state index contributed by atoms with van der Waals surface area (Å²) < 4.78 is 2.04. The van der Waals surface area contributed by atoms with Gasteiger partial charge in [0.2, 0.25) is 0 Å². The lowest BCUT2D eigenvalue weighted by atomic mass is 10.3. The maximum atomic E-state index is 3.30. The molecule has 0 aliphatic rings. The van der Waals surface area contributed by atoms with Gasteiger partial charge < -0.3 is 5.32 Å². The molecule has 0 saturated heterocycles. The van der Waals surface area contributed by atoms with Crippen LogP contribution in [0.25, 0.3) is 0 Å². The molecule has 0 aliphatic heterocycles. The van der Waals surface area contributed by atoms with E-state index in [1.54, 1.807) is 0 Å². The van der Waals surface area contributed by atoms with Gasteiger partial charge in [0.05, 0.1) is 0 Å². The van der Waals surface area contributed by atoms with E-state index < -0.39 is 0 Å². The summed E-state index contributed by atoms with van der Waals surface area (Å²) in [5.41, 5.74) is 0. The van der Waals surface area contributed by atoms with Crippen LogP contribution in [0.2, 0.25) is 0 Å². The summed E-state index contributed by atoms with van der Waals surface area (Å²) in [6.45, 7) is 4.37. The molecule has 0 aromatic heterocycles. The van der Waals surface area contributed by atoms with Crippen molar-refractivity contribution in [2.45, 2.75) is 19.8 Å². The molecule has 9 heavy (non-hydrogen) atoms. The van der Waals surface area contributed by atoms with Crippen molar-refractivity contribution < 1.29 is 0 Å². The molecule has 0 bridgehead atoms. The van der Waals surface area contributed by atoms with Crippen LogP contribution in [0.15, 0.2) is 10.2 Å². The first-order valence-electron chi connectivity index (χ1n) is 3.37. The fraction of sp³-hybridized carbons (Fsp3) is 0.714. The van der Waals surface area contributed by atoms with Crippen LogP contribution in [0.1, 0.15) is 19.8 Å². The molecule has 0 aromatic rings. The lowest BCUT2D eigenvalue weighted by molar-refractivity contribution is 0.682. The molecular weight excluding hydrogens is 225 g/mol. The summed E-state index contributed by atoms with van der Waals surface area (Å²) in [5.74, 6) is 0. The van der Waals surface area contributed by atoms with Crippen LogP contribution in [-0.4, -0.2) is 13.1 Å². The number of hydrogen-bond acceptors (Lipinski definition) is 1. The zero-order chi connectivity index (χ0) is 6.95. The number of hydrogen-bond donors (Lipinski definition) is 1. The van der Waals surface area contributed by atoms with E-state index >= 15 is 0 Å². The van der Waals surface area contributed by atoms with E-state index in [1.807, 2.05) is 4.08 Å². The van der Waals surface area contributed by atoms with Crippen molar-refractivity contribution >= 4 is 22.6 Å². The van der Waals surface area contributed by atoms with Gasteiger partial charge in [-0.05, 0) is 17.0 Å². The Hall–Kier alpha value is 0.430. The van der Waals surface area contributed by atoms with Crippen LogP contribution in [0.4, 0.5) is 0 Å². The summed E-state index contributed by atoms with van der Waals surface area (Å²) in [6.07, 6.45) is 4.69. The minimum Gasteiger partial charge on any atom is -0.313 e. The summed E-state index contributed by atoms with van der Waals surface area (Å²) >= 11 is 2.23. The van der Waals surface area contributed by atoms with Crippen LogP contribution >= 0.6 is 22.6 Å². The largest absolute Gasteiger partial charge is 0.313 e. The summed E-state index contributed by atoms with van der Waals surface area (Å²) in [6, 6.07) is 0. The number of rotatable bonds is 5. The molecule has 0 unspecified atom stereocenters. The van der Waals surface area contributed by atoms with Gasteiger partial charge in [0.1, 0.15) is 0 Å². The second-order valence-corrected chi connectivity index (χ2v) is 2.64. The highest BCUT2D eigenvalue weighted by Crippen LogP contribution is 1.83. The van der Waals surface area contributed by atoms with Crippen molar-refractivity contribution in [3.63, 3.8) is 0 Å². The topological polar surface area (TPSA) is 12.0 Å². The molecule has 0 amide bonds. The second kappa shape index (κ2) is 8.43. The molecule has 1 N–H and O–H groups in total. The normalized spacial score (nSPS) is 10.9. The van der Waals surface area contributed by atoms with Crippen molar-refractivity contribution in [2.75, 3.05) is 13.1 Å². The highest BCUT2D eigenvalue weighted by atomic mass is 127. The van der Waals surface area contributed by atoms with Gasteiger partial charge in [-0.2, -0.15) is 0 Å². The van der Waals surface area contributed by atoms with Crippen LogP contribution < -0.4 is 5.32 Å². The fourth-order valence-electron chi connectivity index (χ4n) is 0.532. The fourth-order valence-corrected chi connectivity index (χ4v) is 0.786. The van der Waals surface area contributed by atoms with Crippen molar-refractivity contribution in [1.29, 1.82) is 0 Å². The Morgan fingerprint density at radius 3 is 2.89 bits per heavy atom. The average molecular weight is 239 g/mol. The van der Waals surface area contributed by atoms with Crippen molar-refractivity contribution in [1.82, 2.24) is 5.32 Å². The molecule has 54 valence electrons. The van der Waals surface area contributed by atoms with E-state index in [2.05, 4.69) is 40.9 Å². The highest BCUT2D eigenvalue weighted by molar-refractivity contribution is 14.1. The third-order valence-corrected chi connectivity index (χ3v) is 1.57. The Kier molecular flexibility index (Phi) is 8.83. The van der Waals surface area contributed by atoms with Gasteiger partial charge in [-0.15, -0.1) is 0 Å². The van der Waals surface area contributed by atoms with Crippen LogP contribution in [-0.2, 0) is 0 Å². The van der Waals surface area contributed by atoms with E-state index in [9.17, 15) is 0 Å². The van der Waals surface area contributed by atoms with Gasteiger partial charge in [-0.1, -0.05) is 42.0 Å². The third kappa shape index (κ3) is 8.43. The molecular formula is C7H14IN. The molecule has 0 spiro atoms. The summed E-state index contributed by atoms with van der Waals surface area (Å²) in [5, 5.41) is 3.30. The second-order valence-electron chi connectivity index (χ2n) is 1.92. The zero-order valence-electron chi connectivity index (χ0n) is 5.86. The number of unbranched alkanes of at least 4 members (excludes halogenated alkanes) is 1. The zero-order valence-corrected chi connectivity index (χ0v) is 8.02. The Morgan fingerprint density at radius 1 is 1.56 bits per heavy atom. The molecule has 0 fully saturated rings. The van der Waals surface area contributed by atoms with Crippen LogP contribution in [0.5, 0.6) is 0 Å². The molecule has 1 nitrogen and oxygen atoms in total. The Balaban J connectivity index is 2.75. The number of halogens is 1. The van der Waals surface area contributed by atoms with E-state index in [0.29, 0.717) is 0 Å². The van der Waals surface area contributed by atoms with Gasteiger partial charge in [0.25, 0.3) is 0 Å².